The number of ether oxygens (including phenoxy) is 1. The van der Waals surface area contributed by atoms with Gasteiger partial charge in [0, 0.05) is 25.1 Å². The summed E-state index contributed by atoms with van der Waals surface area (Å²) < 4.78 is 6.92. The SMILES string of the molecule is COc1ccc(CNC(=O)c2ccc3nccn3c2)cc1. The summed E-state index contributed by atoms with van der Waals surface area (Å²) in [6, 6.07) is 11.2. The highest BCUT2D eigenvalue weighted by Crippen LogP contribution is 2.11. The molecular formula is C16H15N3O2. The van der Waals surface area contributed by atoms with Crippen LogP contribution in [0, 0.1) is 0 Å². The van der Waals surface area contributed by atoms with Gasteiger partial charge in [-0.1, -0.05) is 12.1 Å². The Balaban J connectivity index is 1.67. The number of imidazole rings is 1. The third kappa shape index (κ3) is 2.86. The lowest BCUT2D eigenvalue weighted by atomic mass is 10.2. The summed E-state index contributed by atoms with van der Waals surface area (Å²) in [4.78, 5) is 16.3. The Morgan fingerprint density at radius 2 is 2.05 bits per heavy atom. The molecule has 0 fully saturated rings. The van der Waals surface area contributed by atoms with Crippen LogP contribution in [0.1, 0.15) is 15.9 Å². The molecule has 106 valence electrons. The van der Waals surface area contributed by atoms with E-state index in [0.29, 0.717) is 12.1 Å². The molecule has 0 bridgehead atoms. The summed E-state index contributed by atoms with van der Waals surface area (Å²) in [5.74, 6) is 0.692. The van der Waals surface area contributed by atoms with E-state index in [0.717, 1.165) is 17.0 Å². The summed E-state index contributed by atoms with van der Waals surface area (Å²) in [5.41, 5.74) is 2.45. The molecule has 0 saturated heterocycles. The van der Waals surface area contributed by atoms with Gasteiger partial charge in [0.2, 0.25) is 0 Å². The van der Waals surface area contributed by atoms with Gasteiger partial charge >= 0.3 is 0 Å². The smallest absolute Gasteiger partial charge is 0.253 e. The third-order valence-electron chi connectivity index (χ3n) is 3.26. The number of benzene rings is 1. The second kappa shape index (κ2) is 5.66. The van der Waals surface area contributed by atoms with Crippen LogP contribution < -0.4 is 10.1 Å². The van der Waals surface area contributed by atoms with Crippen LogP contribution in [0.3, 0.4) is 0 Å². The molecule has 0 aliphatic heterocycles. The first kappa shape index (κ1) is 13.2. The molecular weight excluding hydrogens is 266 g/mol. The number of carbonyl (C=O) groups is 1. The summed E-state index contributed by atoms with van der Waals surface area (Å²) in [6.07, 6.45) is 5.29. The number of carbonyl (C=O) groups excluding carboxylic acids is 1. The van der Waals surface area contributed by atoms with Crippen molar-refractivity contribution in [2.75, 3.05) is 7.11 Å². The molecule has 5 nitrogen and oxygen atoms in total. The van der Waals surface area contributed by atoms with Crippen LogP contribution in [0.4, 0.5) is 0 Å². The largest absolute Gasteiger partial charge is 0.497 e. The monoisotopic (exact) mass is 281 g/mol. The van der Waals surface area contributed by atoms with E-state index in [-0.39, 0.29) is 5.91 Å². The van der Waals surface area contributed by atoms with Gasteiger partial charge in [-0.15, -0.1) is 0 Å². The predicted molar refractivity (Wildman–Crippen MR) is 79.4 cm³/mol. The number of pyridine rings is 1. The molecule has 0 spiro atoms. The van der Waals surface area contributed by atoms with Crippen LogP contribution in [0.25, 0.3) is 5.65 Å². The van der Waals surface area contributed by atoms with Crippen molar-refractivity contribution in [2.45, 2.75) is 6.54 Å². The molecule has 2 aromatic heterocycles. The molecule has 2 heterocycles. The number of nitrogens with one attached hydrogen (secondary N) is 1. The highest BCUT2D eigenvalue weighted by Gasteiger charge is 2.06. The second-order valence-corrected chi connectivity index (χ2v) is 4.64. The lowest BCUT2D eigenvalue weighted by molar-refractivity contribution is 0.0950. The van der Waals surface area contributed by atoms with Crippen LogP contribution in [-0.4, -0.2) is 22.4 Å². The summed E-state index contributed by atoms with van der Waals surface area (Å²) in [6.45, 7) is 0.477. The second-order valence-electron chi connectivity index (χ2n) is 4.64. The molecule has 5 heteroatoms. The van der Waals surface area contributed by atoms with Crippen LogP contribution in [-0.2, 0) is 6.54 Å². The Morgan fingerprint density at radius 1 is 1.24 bits per heavy atom. The molecule has 0 aliphatic carbocycles. The normalized spacial score (nSPS) is 10.5. The zero-order valence-electron chi connectivity index (χ0n) is 11.6. The van der Waals surface area contributed by atoms with Crippen LogP contribution in [0.15, 0.2) is 55.0 Å². The Labute approximate surface area is 122 Å². The fourth-order valence-electron chi connectivity index (χ4n) is 2.08. The van der Waals surface area contributed by atoms with Gasteiger partial charge in [-0.25, -0.2) is 4.98 Å². The topological polar surface area (TPSA) is 55.6 Å². The Bertz CT molecular complexity index is 763. The Morgan fingerprint density at radius 3 is 2.81 bits per heavy atom. The van der Waals surface area contributed by atoms with Gasteiger partial charge in [-0.2, -0.15) is 0 Å². The van der Waals surface area contributed by atoms with Gasteiger partial charge in [0.1, 0.15) is 11.4 Å². The van der Waals surface area contributed by atoms with Gasteiger partial charge in [0.25, 0.3) is 5.91 Å². The van der Waals surface area contributed by atoms with Crippen LogP contribution in [0.5, 0.6) is 5.75 Å². The van der Waals surface area contributed by atoms with Crippen molar-refractivity contribution in [2.24, 2.45) is 0 Å². The molecule has 0 atom stereocenters. The average molecular weight is 281 g/mol. The molecule has 1 amide bonds. The minimum absolute atomic E-state index is 0.110. The molecule has 0 aliphatic rings. The summed E-state index contributed by atoms with van der Waals surface area (Å²) in [7, 11) is 1.63. The maximum atomic E-state index is 12.1. The number of hydrogen-bond acceptors (Lipinski definition) is 3. The fraction of sp³-hybridized carbons (Fsp3) is 0.125. The van der Waals surface area contributed by atoms with Crippen molar-refractivity contribution in [1.29, 1.82) is 0 Å². The molecule has 3 aromatic rings. The van der Waals surface area contributed by atoms with E-state index < -0.39 is 0 Å². The number of hydrogen-bond donors (Lipinski definition) is 1. The fourth-order valence-corrected chi connectivity index (χ4v) is 2.08. The minimum Gasteiger partial charge on any atom is -0.497 e. The molecule has 1 N–H and O–H groups in total. The number of aromatic nitrogens is 2. The molecule has 1 aromatic carbocycles. The zero-order valence-corrected chi connectivity index (χ0v) is 11.6. The van der Waals surface area contributed by atoms with Crippen molar-refractivity contribution >= 4 is 11.6 Å². The molecule has 3 rings (SSSR count). The van der Waals surface area contributed by atoms with E-state index in [2.05, 4.69) is 10.3 Å². The van der Waals surface area contributed by atoms with E-state index in [1.165, 1.54) is 0 Å². The van der Waals surface area contributed by atoms with E-state index in [1.807, 2.05) is 40.9 Å². The maximum absolute atomic E-state index is 12.1. The third-order valence-corrected chi connectivity index (χ3v) is 3.26. The zero-order chi connectivity index (χ0) is 14.7. The van der Waals surface area contributed by atoms with Crippen molar-refractivity contribution in [3.63, 3.8) is 0 Å². The first-order valence-corrected chi connectivity index (χ1v) is 6.60. The highest BCUT2D eigenvalue weighted by atomic mass is 16.5. The maximum Gasteiger partial charge on any atom is 0.253 e. The molecule has 0 radical (unpaired) electrons. The van der Waals surface area contributed by atoms with Crippen molar-refractivity contribution < 1.29 is 9.53 Å². The Hall–Kier alpha value is -2.82. The number of nitrogens with zero attached hydrogens (tertiary/aromatic N) is 2. The quantitative estimate of drug-likeness (QED) is 0.798. The van der Waals surface area contributed by atoms with Crippen molar-refractivity contribution in [3.8, 4) is 5.75 Å². The number of fused-ring (bicyclic) bond motifs is 1. The molecule has 21 heavy (non-hydrogen) atoms. The lowest BCUT2D eigenvalue weighted by Gasteiger charge is -2.07. The van der Waals surface area contributed by atoms with Gasteiger partial charge in [0.15, 0.2) is 0 Å². The standard InChI is InChI=1S/C16H15N3O2/c1-21-14-5-2-12(3-6-14)10-18-16(20)13-4-7-15-17-8-9-19(15)11-13/h2-9,11H,10H2,1H3,(H,18,20). The Kier molecular flexibility index (Phi) is 3.55. The lowest BCUT2D eigenvalue weighted by Crippen LogP contribution is -2.23. The van der Waals surface area contributed by atoms with Gasteiger partial charge in [0.05, 0.1) is 12.7 Å². The molecule has 0 saturated carbocycles. The first-order chi connectivity index (χ1) is 10.3. The van der Waals surface area contributed by atoms with E-state index >= 15 is 0 Å². The average Bonchev–Trinajstić information content (AvgIpc) is 3.00. The first-order valence-electron chi connectivity index (χ1n) is 6.60. The van der Waals surface area contributed by atoms with Gasteiger partial charge in [-0.3, -0.25) is 4.79 Å². The van der Waals surface area contributed by atoms with Gasteiger partial charge < -0.3 is 14.5 Å². The van der Waals surface area contributed by atoms with Crippen LogP contribution in [0.2, 0.25) is 0 Å². The number of rotatable bonds is 4. The predicted octanol–water partition coefficient (Wildman–Crippen LogP) is 2.27. The molecule has 0 unspecified atom stereocenters. The summed E-state index contributed by atoms with van der Waals surface area (Å²) >= 11 is 0. The number of methoxy groups -OCH3 is 1. The van der Waals surface area contributed by atoms with E-state index in [4.69, 9.17) is 4.74 Å². The highest BCUT2D eigenvalue weighted by molar-refractivity contribution is 5.94. The summed E-state index contributed by atoms with van der Waals surface area (Å²) in [5, 5.41) is 2.90. The van der Waals surface area contributed by atoms with E-state index in [9.17, 15) is 4.79 Å². The van der Waals surface area contributed by atoms with E-state index in [1.54, 1.807) is 25.6 Å². The minimum atomic E-state index is -0.110. The van der Waals surface area contributed by atoms with Crippen LogP contribution >= 0.6 is 0 Å². The number of amides is 1. The van der Waals surface area contributed by atoms with Crippen molar-refractivity contribution in [1.82, 2.24) is 14.7 Å². The van der Waals surface area contributed by atoms with Gasteiger partial charge in [-0.05, 0) is 29.8 Å². The van der Waals surface area contributed by atoms with Crippen molar-refractivity contribution in [3.05, 3.63) is 66.1 Å².